The Morgan fingerprint density at radius 3 is 2.06 bits per heavy atom. The summed E-state index contributed by atoms with van der Waals surface area (Å²) in [5, 5.41) is 6.17. The number of nitrogens with two attached hydrogens (primary N) is 1. The van der Waals surface area contributed by atoms with Crippen LogP contribution in [-0.4, -0.2) is 105 Å². The highest BCUT2D eigenvalue weighted by molar-refractivity contribution is 5.68. The molecular formula is C24H53N5O4. The molecule has 0 aromatic carbocycles. The zero-order valence-corrected chi connectivity index (χ0v) is 22.9. The SMILES string of the molecule is COCCN(CCOCNCCN(CCN)C(C)(C)C)C(C)(C)CCOC(=O)NC(C)(C)C. The van der Waals surface area contributed by atoms with Gasteiger partial charge in [-0.3, -0.25) is 15.1 Å². The minimum Gasteiger partial charge on any atom is -0.449 e. The molecule has 0 atom stereocenters. The summed E-state index contributed by atoms with van der Waals surface area (Å²) in [6.45, 7) is 23.7. The average molecular weight is 476 g/mol. The molecule has 9 heteroatoms. The van der Waals surface area contributed by atoms with Gasteiger partial charge in [0.1, 0.15) is 0 Å². The maximum absolute atomic E-state index is 11.9. The molecule has 9 nitrogen and oxygen atoms in total. The molecule has 0 unspecified atom stereocenters. The first-order valence-corrected chi connectivity index (χ1v) is 12.2. The summed E-state index contributed by atoms with van der Waals surface area (Å²) in [5.74, 6) is 0. The third kappa shape index (κ3) is 16.3. The normalized spacial score (nSPS) is 13.1. The van der Waals surface area contributed by atoms with E-state index in [9.17, 15) is 4.79 Å². The monoisotopic (exact) mass is 475 g/mol. The first-order valence-electron chi connectivity index (χ1n) is 12.2. The van der Waals surface area contributed by atoms with Gasteiger partial charge in [0.2, 0.25) is 0 Å². The molecule has 0 fully saturated rings. The van der Waals surface area contributed by atoms with Crippen LogP contribution in [0.3, 0.4) is 0 Å². The fourth-order valence-corrected chi connectivity index (χ4v) is 3.36. The lowest BCUT2D eigenvalue weighted by atomic mass is 9.98. The molecule has 0 aliphatic rings. The van der Waals surface area contributed by atoms with Gasteiger partial charge in [0.15, 0.2) is 0 Å². The van der Waals surface area contributed by atoms with Crippen LogP contribution in [0.1, 0.15) is 61.8 Å². The highest BCUT2D eigenvalue weighted by Crippen LogP contribution is 2.19. The first kappa shape index (κ1) is 32.0. The second-order valence-electron chi connectivity index (χ2n) is 11.1. The summed E-state index contributed by atoms with van der Waals surface area (Å²) in [7, 11) is 1.71. The molecule has 33 heavy (non-hydrogen) atoms. The number of methoxy groups -OCH3 is 1. The number of nitrogens with one attached hydrogen (secondary N) is 2. The predicted octanol–water partition coefficient (Wildman–Crippen LogP) is 2.25. The van der Waals surface area contributed by atoms with E-state index in [2.05, 4.69) is 55.1 Å². The lowest BCUT2D eigenvalue weighted by Crippen LogP contribution is -2.48. The fourth-order valence-electron chi connectivity index (χ4n) is 3.36. The van der Waals surface area contributed by atoms with E-state index < -0.39 is 0 Å². The Hall–Kier alpha value is -0.970. The Balaban J connectivity index is 4.37. The van der Waals surface area contributed by atoms with Gasteiger partial charge < -0.3 is 25.3 Å². The highest BCUT2D eigenvalue weighted by atomic mass is 16.5. The molecule has 0 aliphatic carbocycles. The smallest absolute Gasteiger partial charge is 0.407 e. The van der Waals surface area contributed by atoms with Crippen LogP contribution < -0.4 is 16.4 Å². The topological polar surface area (TPSA) is 101 Å². The maximum atomic E-state index is 11.9. The third-order valence-electron chi connectivity index (χ3n) is 5.46. The first-order chi connectivity index (χ1) is 15.2. The lowest BCUT2D eigenvalue weighted by Gasteiger charge is -2.38. The van der Waals surface area contributed by atoms with Gasteiger partial charge in [-0.05, 0) is 61.8 Å². The summed E-state index contributed by atoms with van der Waals surface area (Å²) < 4.78 is 16.5. The van der Waals surface area contributed by atoms with E-state index in [1.165, 1.54) is 0 Å². The molecule has 0 rings (SSSR count). The molecule has 4 N–H and O–H groups in total. The van der Waals surface area contributed by atoms with E-state index in [0.29, 0.717) is 33.1 Å². The van der Waals surface area contributed by atoms with Crippen molar-refractivity contribution in [3.63, 3.8) is 0 Å². The van der Waals surface area contributed by atoms with Crippen molar-refractivity contribution < 1.29 is 19.0 Å². The predicted molar refractivity (Wildman–Crippen MR) is 136 cm³/mol. The Labute approximate surface area is 203 Å². The van der Waals surface area contributed by atoms with Crippen molar-refractivity contribution in [3.8, 4) is 0 Å². The number of alkyl carbamates (subject to hydrolysis) is 1. The van der Waals surface area contributed by atoms with Crippen LogP contribution in [0.2, 0.25) is 0 Å². The van der Waals surface area contributed by atoms with Crippen LogP contribution in [0, 0.1) is 0 Å². The fraction of sp³-hybridized carbons (Fsp3) is 0.958. The number of ether oxygens (including phenoxy) is 3. The largest absolute Gasteiger partial charge is 0.449 e. The number of hydrogen-bond donors (Lipinski definition) is 3. The van der Waals surface area contributed by atoms with Crippen LogP contribution in [0.4, 0.5) is 4.79 Å². The van der Waals surface area contributed by atoms with Gasteiger partial charge in [0.25, 0.3) is 0 Å². The van der Waals surface area contributed by atoms with Crippen LogP contribution in [0.25, 0.3) is 0 Å². The molecule has 1 amide bonds. The second-order valence-corrected chi connectivity index (χ2v) is 11.1. The van der Waals surface area contributed by atoms with Gasteiger partial charge in [0.05, 0.1) is 26.6 Å². The lowest BCUT2D eigenvalue weighted by molar-refractivity contribution is 0.0209. The third-order valence-corrected chi connectivity index (χ3v) is 5.46. The van der Waals surface area contributed by atoms with E-state index in [0.717, 1.165) is 39.1 Å². The van der Waals surface area contributed by atoms with Gasteiger partial charge >= 0.3 is 6.09 Å². The Bertz CT molecular complexity index is 518. The van der Waals surface area contributed by atoms with E-state index >= 15 is 0 Å². The van der Waals surface area contributed by atoms with Crippen molar-refractivity contribution in [2.45, 2.75) is 78.4 Å². The summed E-state index contributed by atoms with van der Waals surface area (Å²) in [4.78, 5) is 16.6. The van der Waals surface area contributed by atoms with Crippen molar-refractivity contribution in [1.29, 1.82) is 0 Å². The molecule has 0 aromatic heterocycles. The van der Waals surface area contributed by atoms with Crippen molar-refractivity contribution >= 4 is 6.09 Å². The van der Waals surface area contributed by atoms with Crippen LogP contribution in [-0.2, 0) is 14.2 Å². The Morgan fingerprint density at radius 2 is 1.52 bits per heavy atom. The molecule has 0 bridgehead atoms. The maximum Gasteiger partial charge on any atom is 0.407 e. The summed E-state index contributed by atoms with van der Waals surface area (Å²) in [5.41, 5.74) is 5.37. The second kappa shape index (κ2) is 15.8. The minimum absolute atomic E-state index is 0.104. The molecule has 0 aromatic rings. The summed E-state index contributed by atoms with van der Waals surface area (Å²) in [6, 6.07) is 0. The molecule has 0 saturated heterocycles. The zero-order valence-electron chi connectivity index (χ0n) is 22.9. The zero-order chi connectivity index (χ0) is 25.5. The number of amides is 1. The summed E-state index contributed by atoms with van der Waals surface area (Å²) >= 11 is 0. The van der Waals surface area contributed by atoms with E-state index in [1.807, 2.05) is 20.8 Å². The van der Waals surface area contributed by atoms with E-state index in [4.69, 9.17) is 19.9 Å². The Morgan fingerprint density at radius 1 is 0.879 bits per heavy atom. The number of nitrogens with zero attached hydrogens (tertiary/aromatic N) is 2. The van der Waals surface area contributed by atoms with Crippen molar-refractivity contribution in [1.82, 2.24) is 20.4 Å². The van der Waals surface area contributed by atoms with Crippen LogP contribution in [0.5, 0.6) is 0 Å². The molecule has 0 heterocycles. The molecule has 198 valence electrons. The molecule has 0 saturated carbocycles. The molecule has 0 spiro atoms. The van der Waals surface area contributed by atoms with Gasteiger partial charge in [-0.2, -0.15) is 0 Å². The van der Waals surface area contributed by atoms with Gasteiger partial charge in [-0.1, -0.05) is 0 Å². The van der Waals surface area contributed by atoms with Crippen molar-refractivity contribution in [2.24, 2.45) is 5.73 Å². The Kier molecular flexibility index (Phi) is 15.4. The number of carbonyl (C=O) groups is 1. The number of carbonyl (C=O) groups excluding carboxylic acids is 1. The highest BCUT2D eigenvalue weighted by Gasteiger charge is 2.27. The van der Waals surface area contributed by atoms with E-state index in [-0.39, 0.29) is 22.7 Å². The van der Waals surface area contributed by atoms with Gasteiger partial charge in [0, 0.05) is 63.0 Å². The standard InChI is InChI=1S/C24H53N5O4/c1-22(2,3)27-21(30)33-17-10-24(7,8)29(15-18-31-9)16-19-32-20-26-12-14-28(13-11-25)23(4,5)6/h26H,10-20,25H2,1-9H3,(H,27,30). The number of hydrogen-bond acceptors (Lipinski definition) is 8. The van der Waals surface area contributed by atoms with Crippen LogP contribution >= 0.6 is 0 Å². The molecule has 0 aliphatic heterocycles. The summed E-state index contributed by atoms with van der Waals surface area (Å²) in [6.07, 6.45) is 0.337. The van der Waals surface area contributed by atoms with Crippen molar-refractivity contribution in [2.75, 3.05) is 72.9 Å². The van der Waals surface area contributed by atoms with Crippen molar-refractivity contribution in [3.05, 3.63) is 0 Å². The quantitative estimate of drug-likeness (QED) is 0.218. The average Bonchev–Trinajstić information content (AvgIpc) is 2.65. The molecular weight excluding hydrogens is 422 g/mol. The number of rotatable bonds is 17. The van der Waals surface area contributed by atoms with E-state index in [1.54, 1.807) is 7.11 Å². The van der Waals surface area contributed by atoms with Gasteiger partial charge in [-0.25, -0.2) is 4.79 Å². The van der Waals surface area contributed by atoms with Gasteiger partial charge in [-0.15, -0.1) is 0 Å². The molecule has 0 radical (unpaired) electrons. The minimum atomic E-state index is -0.382. The van der Waals surface area contributed by atoms with Crippen LogP contribution in [0.15, 0.2) is 0 Å².